The predicted octanol–water partition coefficient (Wildman–Crippen LogP) is 2.22. The quantitative estimate of drug-likeness (QED) is 0.872. The van der Waals surface area contributed by atoms with Gasteiger partial charge in [0.15, 0.2) is 0 Å². The Labute approximate surface area is 126 Å². The zero-order chi connectivity index (χ0) is 15.1. The molecule has 0 unspecified atom stereocenters. The van der Waals surface area contributed by atoms with Crippen LogP contribution in [-0.2, 0) is 16.0 Å². The van der Waals surface area contributed by atoms with Crippen LogP contribution in [0.1, 0.15) is 36.8 Å². The van der Waals surface area contributed by atoms with Crippen molar-refractivity contribution in [2.75, 3.05) is 13.1 Å². The number of piperidine rings is 1. The first-order valence-corrected chi connectivity index (χ1v) is 7.59. The van der Waals surface area contributed by atoms with E-state index in [0.717, 1.165) is 19.4 Å². The van der Waals surface area contributed by atoms with Crippen molar-refractivity contribution in [3.63, 3.8) is 0 Å². The van der Waals surface area contributed by atoms with Gasteiger partial charge in [0.2, 0.25) is 11.8 Å². The lowest BCUT2D eigenvalue weighted by Crippen LogP contribution is -2.38. The molecule has 2 amide bonds. The third-order valence-electron chi connectivity index (χ3n) is 3.75. The van der Waals surface area contributed by atoms with E-state index in [-0.39, 0.29) is 11.8 Å². The van der Waals surface area contributed by atoms with Crippen molar-refractivity contribution in [3.05, 3.63) is 41.9 Å². The van der Waals surface area contributed by atoms with Crippen molar-refractivity contribution in [1.29, 1.82) is 0 Å². The van der Waals surface area contributed by atoms with Gasteiger partial charge < -0.3 is 10.2 Å². The van der Waals surface area contributed by atoms with Gasteiger partial charge in [-0.15, -0.1) is 0 Å². The molecule has 2 rings (SSSR count). The molecule has 1 aromatic carbocycles. The molecule has 21 heavy (non-hydrogen) atoms. The van der Waals surface area contributed by atoms with Gasteiger partial charge in [-0.05, 0) is 31.7 Å². The van der Waals surface area contributed by atoms with Gasteiger partial charge in [0.25, 0.3) is 0 Å². The standard InChI is InChI=1S/C17H23N2O2/c1-14-5-7-15(8-6-14)9-11-18-16(20)10-13-19-12-3-2-4-17(19)21/h5-8,11H,2-4,9-10,12-13H2,1H3,(H,18,20). The van der Waals surface area contributed by atoms with Gasteiger partial charge in [-0.25, -0.2) is 0 Å². The number of benzene rings is 1. The number of carbonyl (C=O) groups is 2. The van der Waals surface area contributed by atoms with Crippen molar-refractivity contribution in [1.82, 2.24) is 10.2 Å². The number of carbonyl (C=O) groups excluding carboxylic acids is 2. The molecule has 0 aromatic heterocycles. The fraction of sp³-hybridized carbons (Fsp3) is 0.471. The average Bonchev–Trinajstić information content (AvgIpc) is 2.48. The normalized spacial score (nSPS) is 15.1. The van der Waals surface area contributed by atoms with Gasteiger partial charge in [-0.2, -0.15) is 0 Å². The SMILES string of the molecule is Cc1ccc(C[CH]NC(=O)CCN2CCCCC2=O)cc1. The van der Waals surface area contributed by atoms with Crippen LogP contribution >= 0.6 is 0 Å². The minimum atomic E-state index is -0.0273. The maximum Gasteiger partial charge on any atom is 0.222 e. The molecule has 0 aliphatic carbocycles. The Kier molecular flexibility index (Phi) is 5.78. The Balaban J connectivity index is 1.63. The van der Waals surface area contributed by atoms with E-state index in [4.69, 9.17) is 0 Å². The summed E-state index contributed by atoms with van der Waals surface area (Å²) >= 11 is 0. The summed E-state index contributed by atoms with van der Waals surface area (Å²) in [5.74, 6) is 0.151. The van der Waals surface area contributed by atoms with Crippen molar-refractivity contribution >= 4 is 11.8 Å². The first kappa shape index (κ1) is 15.5. The maximum absolute atomic E-state index is 11.8. The summed E-state index contributed by atoms with van der Waals surface area (Å²) in [5.41, 5.74) is 2.40. The number of rotatable bonds is 6. The fourth-order valence-corrected chi connectivity index (χ4v) is 2.41. The Bertz CT molecular complexity index is 482. The van der Waals surface area contributed by atoms with Gasteiger partial charge in [-0.3, -0.25) is 9.59 Å². The summed E-state index contributed by atoms with van der Waals surface area (Å²) in [5, 5.41) is 2.80. The molecule has 1 aromatic rings. The topological polar surface area (TPSA) is 49.4 Å². The van der Waals surface area contributed by atoms with E-state index >= 15 is 0 Å². The third kappa shape index (κ3) is 5.21. The molecule has 1 N–H and O–H groups in total. The second kappa shape index (κ2) is 7.81. The summed E-state index contributed by atoms with van der Waals surface area (Å²) in [6, 6.07) is 8.24. The summed E-state index contributed by atoms with van der Waals surface area (Å²) in [7, 11) is 0. The van der Waals surface area contributed by atoms with Crippen LogP contribution < -0.4 is 5.32 Å². The van der Waals surface area contributed by atoms with Gasteiger partial charge in [-0.1, -0.05) is 29.8 Å². The summed E-state index contributed by atoms with van der Waals surface area (Å²) in [6.07, 6.45) is 3.74. The van der Waals surface area contributed by atoms with E-state index in [1.807, 2.05) is 0 Å². The lowest BCUT2D eigenvalue weighted by molar-refractivity contribution is -0.133. The Morgan fingerprint density at radius 2 is 2.05 bits per heavy atom. The lowest BCUT2D eigenvalue weighted by atomic mass is 10.1. The number of likely N-dealkylation sites (tertiary alicyclic amines) is 1. The highest BCUT2D eigenvalue weighted by atomic mass is 16.2. The molecule has 0 spiro atoms. The molecule has 1 fully saturated rings. The van der Waals surface area contributed by atoms with Crippen LogP contribution in [0.15, 0.2) is 24.3 Å². The Morgan fingerprint density at radius 3 is 2.76 bits per heavy atom. The first-order valence-electron chi connectivity index (χ1n) is 7.59. The van der Waals surface area contributed by atoms with E-state index in [1.165, 1.54) is 11.1 Å². The number of hydrogen-bond acceptors (Lipinski definition) is 2. The van der Waals surface area contributed by atoms with Crippen LogP contribution in [0.4, 0.5) is 0 Å². The number of nitrogens with zero attached hydrogens (tertiary/aromatic N) is 1. The Morgan fingerprint density at radius 1 is 1.29 bits per heavy atom. The van der Waals surface area contributed by atoms with Gasteiger partial charge >= 0.3 is 0 Å². The molecule has 0 bridgehead atoms. The third-order valence-corrected chi connectivity index (χ3v) is 3.75. The van der Waals surface area contributed by atoms with Crippen molar-refractivity contribution in [2.24, 2.45) is 0 Å². The first-order chi connectivity index (χ1) is 10.1. The minimum Gasteiger partial charge on any atom is -0.351 e. The highest BCUT2D eigenvalue weighted by molar-refractivity contribution is 5.79. The van der Waals surface area contributed by atoms with Crippen LogP contribution in [0.25, 0.3) is 0 Å². The second-order valence-electron chi connectivity index (χ2n) is 5.55. The molecule has 0 saturated carbocycles. The van der Waals surface area contributed by atoms with Crippen LogP contribution in [0.2, 0.25) is 0 Å². The lowest BCUT2D eigenvalue weighted by Gasteiger charge is -2.26. The van der Waals surface area contributed by atoms with Crippen molar-refractivity contribution in [2.45, 2.75) is 39.0 Å². The second-order valence-corrected chi connectivity index (χ2v) is 5.55. The number of hydrogen-bond donors (Lipinski definition) is 1. The van der Waals surface area contributed by atoms with Crippen molar-refractivity contribution in [3.8, 4) is 0 Å². The predicted molar refractivity (Wildman–Crippen MR) is 82.4 cm³/mol. The molecule has 0 atom stereocenters. The fourth-order valence-electron chi connectivity index (χ4n) is 2.41. The van der Waals surface area contributed by atoms with Crippen LogP contribution in [-0.4, -0.2) is 29.8 Å². The number of amides is 2. The van der Waals surface area contributed by atoms with E-state index in [0.29, 0.717) is 25.8 Å². The maximum atomic E-state index is 11.8. The zero-order valence-electron chi connectivity index (χ0n) is 12.6. The summed E-state index contributed by atoms with van der Waals surface area (Å²) in [6.45, 7) is 5.16. The van der Waals surface area contributed by atoms with Gasteiger partial charge in [0, 0.05) is 25.9 Å². The highest BCUT2D eigenvalue weighted by Crippen LogP contribution is 2.10. The molecule has 1 saturated heterocycles. The number of aryl methyl sites for hydroxylation is 1. The van der Waals surface area contributed by atoms with Gasteiger partial charge in [0.1, 0.15) is 0 Å². The van der Waals surface area contributed by atoms with Crippen LogP contribution in [0.3, 0.4) is 0 Å². The molecule has 1 radical (unpaired) electrons. The smallest absolute Gasteiger partial charge is 0.222 e. The monoisotopic (exact) mass is 287 g/mol. The Hall–Kier alpha value is -1.84. The van der Waals surface area contributed by atoms with Crippen molar-refractivity contribution < 1.29 is 9.59 Å². The van der Waals surface area contributed by atoms with Crippen LogP contribution in [0, 0.1) is 13.5 Å². The largest absolute Gasteiger partial charge is 0.351 e. The molecular formula is C17H23N2O2. The average molecular weight is 287 g/mol. The van der Waals surface area contributed by atoms with Crippen LogP contribution in [0.5, 0.6) is 0 Å². The van der Waals surface area contributed by atoms with E-state index < -0.39 is 0 Å². The molecule has 4 heteroatoms. The zero-order valence-corrected chi connectivity index (χ0v) is 12.6. The number of nitrogens with one attached hydrogen (secondary N) is 1. The van der Waals surface area contributed by atoms with Gasteiger partial charge in [0.05, 0.1) is 6.54 Å². The molecule has 1 aliphatic rings. The summed E-state index contributed by atoms with van der Waals surface area (Å²) < 4.78 is 0. The molecule has 113 valence electrons. The summed E-state index contributed by atoms with van der Waals surface area (Å²) in [4.78, 5) is 25.2. The molecular weight excluding hydrogens is 264 g/mol. The minimum absolute atomic E-state index is 0.0273. The van der Waals surface area contributed by atoms with E-state index in [2.05, 4.69) is 36.5 Å². The van der Waals surface area contributed by atoms with E-state index in [1.54, 1.807) is 11.4 Å². The highest BCUT2D eigenvalue weighted by Gasteiger charge is 2.18. The van der Waals surface area contributed by atoms with E-state index in [9.17, 15) is 9.59 Å². The molecule has 4 nitrogen and oxygen atoms in total. The molecule has 1 heterocycles. The molecule has 1 aliphatic heterocycles.